The van der Waals surface area contributed by atoms with E-state index in [4.69, 9.17) is 9.72 Å². The van der Waals surface area contributed by atoms with Crippen LogP contribution in [0.15, 0.2) is 54.9 Å². The summed E-state index contributed by atoms with van der Waals surface area (Å²) >= 11 is 0. The summed E-state index contributed by atoms with van der Waals surface area (Å²) in [5.74, 6) is 1.67. The van der Waals surface area contributed by atoms with E-state index in [1.165, 1.54) is 12.1 Å². The molecule has 0 amide bonds. The molecule has 0 aliphatic heterocycles. The van der Waals surface area contributed by atoms with Crippen LogP contribution in [0.1, 0.15) is 12.5 Å². The number of nitrogens with zero attached hydrogens (tertiary/aromatic N) is 3. The van der Waals surface area contributed by atoms with E-state index in [0.29, 0.717) is 29.5 Å². The highest BCUT2D eigenvalue weighted by Gasteiger charge is 2.16. The Kier molecular flexibility index (Phi) is 5.08. The zero-order valence-electron chi connectivity index (χ0n) is 16.5. The second kappa shape index (κ2) is 7.83. The number of pyridine rings is 1. The van der Waals surface area contributed by atoms with Crippen molar-refractivity contribution < 1.29 is 9.13 Å². The number of fused-ring (bicyclic) bond motifs is 1. The third-order valence-electron chi connectivity index (χ3n) is 4.72. The van der Waals surface area contributed by atoms with Crippen molar-refractivity contribution in [3.63, 3.8) is 0 Å². The minimum Gasteiger partial charge on any atom is -0.492 e. The number of aryl methyl sites for hydroxylation is 1. The standard InChI is InChI=1S/C23H21FN4O/c1-4-29-20-12-16(18-8-7-17(24)10-14(18)2)11-19-21(20)27-22(28-23(19)25-3)15-6-5-9-26-13-15/h5-13H,4H2,1-3H3,(H,25,27,28). The zero-order chi connectivity index (χ0) is 20.4. The van der Waals surface area contributed by atoms with E-state index in [1.54, 1.807) is 18.5 Å². The monoisotopic (exact) mass is 388 g/mol. The molecule has 29 heavy (non-hydrogen) atoms. The van der Waals surface area contributed by atoms with Gasteiger partial charge in [-0.15, -0.1) is 0 Å². The number of aromatic nitrogens is 3. The molecule has 6 heteroatoms. The van der Waals surface area contributed by atoms with Crippen LogP contribution in [0.4, 0.5) is 10.2 Å². The average molecular weight is 388 g/mol. The fraction of sp³-hybridized carbons (Fsp3) is 0.174. The first-order valence-electron chi connectivity index (χ1n) is 9.44. The van der Waals surface area contributed by atoms with Crippen molar-refractivity contribution >= 4 is 16.7 Å². The van der Waals surface area contributed by atoms with E-state index in [9.17, 15) is 4.39 Å². The summed E-state index contributed by atoms with van der Waals surface area (Å²) in [5, 5.41) is 4.00. The summed E-state index contributed by atoms with van der Waals surface area (Å²) < 4.78 is 19.5. The van der Waals surface area contributed by atoms with Gasteiger partial charge in [-0.2, -0.15) is 0 Å². The molecular formula is C23H21FN4O. The van der Waals surface area contributed by atoms with Crippen molar-refractivity contribution in [3.05, 3.63) is 66.2 Å². The van der Waals surface area contributed by atoms with E-state index in [0.717, 1.165) is 27.6 Å². The highest BCUT2D eigenvalue weighted by Crippen LogP contribution is 2.36. The van der Waals surface area contributed by atoms with Crippen LogP contribution in [0.5, 0.6) is 5.75 Å². The number of ether oxygens (including phenoxy) is 1. The van der Waals surface area contributed by atoms with Gasteiger partial charge in [-0.05, 0) is 66.9 Å². The summed E-state index contributed by atoms with van der Waals surface area (Å²) in [7, 11) is 1.82. The first kappa shape index (κ1) is 18.8. The summed E-state index contributed by atoms with van der Waals surface area (Å²) in [6, 6.07) is 12.5. The van der Waals surface area contributed by atoms with Gasteiger partial charge in [0.05, 0.1) is 6.61 Å². The van der Waals surface area contributed by atoms with E-state index >= 15 is 0 Å². The molecule has 0 atom stereocenters. The van der Waals surface area contributed by atoms with Crippen molar-refractivity contribution in [1.29, 1.82) is 0 Å². The highest BCUT2D eigenvalue weighted by atomic mass is 19.1. The summed E-state index contributed by atoms with van der Waals surface area (Å²) in [6.07, 6.45) is 3.45. The average Bonchev–Trinajstić information content (AvgIpc) is 2.74. The Morgan fingerprint density at radius 3 is 2.62 bits per heavy atom. The Balaban J connectivity index is 1.98. The van der Waals surface area contributed by atoms with Gasteiger partial charge in [0, 0.05) is 30.4 Å². The summed E-state index contributed by atoms with van der Waals surface area (Å²) in [4.78, 5) is 13.6. The molecule has 5 nitrogen and oxygen atoms in total. The van der Waals surface area contributed by atoms with Crippen molar-refractivity contribution in [3.8, 4) is 28.3 Å². The Morgan fingerprint density at radius 2 is 1.93 bits per heavy atom. The lowest BCUT2D eigenvalue weighted by molar-refractivity contribution is 0.344. The smallest absolute Gasteiger partial charge is 0.163 e. The number of halogens is 1. The SMILES string of the molecule is CCOc1cc(-c2ccc(F)cc2C)cc2c(NC)nc(-c3cccnc3)nc12. The Bertz CT molecular complexity index is 1180. The maximum absolute atomic E-state index is 13.6. The lowest BCUT2D eigenvalue weighted by Crippen LogP contribution is -2.02. The molecule has 0 saturated heterocycles. The van der Waals surface area contributed by atoms with Crippen LogP contribution in [0.2, 0.25) is 0 Å². The van der Waals surface area contributed by atoms with Gasteiger partial charge >= 0.3 is 0 Å². The third kappa shape index (κ3) is 3.61. The van der Waals surface area contributed by atoms with Crippen LogP contribution in [0, 0.1) is 12.7 Å². The van der Waals surface area contributed by atoms with Crippen molar-refractivity contribution in [2.75, 3.05) is 19.0 Å². The van der Waals surface area contributed by atoms with Crippen molar-refractivity contribution in [2.45, 2.75) is 13.8 Å². The van der Waals surface area contributed by atoms with Crippen LogP contribution >= 0.6 is 0 Å². The zero-order valence-corrected chi connectivity index (χ0v) is 16.5. The van der Waals surface area contributed by atoms with Gasteiger partial charge in [0.15, 0.2) is 5.82 Å². The van der Waals surface area contributed by atoms with Crippen LogP contribution in [-0.4, -0.2) is 28.6 Å². The van der Waals surface area contributed by atoms with E-state index in [2.05, 4.69) is 15.3 Å². The number of nitrogens with one attached hydrogen (secondary N) is 1. The van der Waals surface area contributed by atoms with Crippen molar-refractivity contribution in [2.24, 2.45) is 0 Å². The van der Waals surface area contributed by atoms with Gasteiger partial charge in [0.1, 0.15) is 22.9 Å². The van der Waals surface area contributed by atoms with Gasteiger partial charge in [-0.3, -0.25) is 4.98 Å². The topological polar surface area (TPSA) is 59.9 Å². The molecule has 0 unspecified atom stereocenters. The molecule has 2 heterocycles. The van der Waals surface area contributed by atoms with Gasteiger partial charge in [0.25, 0.3) is 0 Å². The normalized spacial score (nSPS) is 10.9. The molecule has 0 spiro atoms. The molecular weight excluding hydrogens is 367 g/mol. The number of anilines is 1. The molecule has 0 bridgehead atoms. The number of benzene rings is 2. The second-order valence-corrected chi connectivity index (χ2v) is 6.65. The summed E-state index contributed by atoms with van der Waals surface area (Å²) in [6.45, 7) is 4.33. The second-order valence-electron chi connectivity index (χ2n) is 6.65. The lowest BCUT2D eigenvalue weighted by atomic mass is 9.98. The molecule has 4 rings (SSSR count). The fourth-order valence-corrected chi connectivity index (χ4v) is 3.39. The van der Waals surface area contributed by atoms with Crippen LogP contribution in [-0.2, 0) is 0 Å². The molecule has 2 aromatic heterocycles. The van der Waals surface area contributed by atoms with E-state index in [-0.39, 0.29) is 5.82 Å². The molecule has 1 N–H and O–H groups in total. The maximum atomic E-state index is 13.6. The Labute approximate surface area is 168 Å². The lowest BCUT2D eigenvalue weighted by Gasteiger charge is -2.15. The number of rotatable bonds is 5. The molecule has 0 fully saturated rings. The van der Waals surface area contributed by atoms with E-state index in [1.807, 2.05) is 45.2 Å². The fourth-order valence-electron chi connectivity index (χ4n) is 3.39. The molecule has 2 aromatic carbocycles. The molecule has 0 aliphatic carbocycles. The predicted octanol–water partition coefficient (Wildman–Crippen LogP) is 5.25. The largest absolute Gasteiger partial charge is 0.492 e. The minimum atomic E-state index is -0.252. The summed E-state index contributed by atoms with van der Waals surface area (Å²) in [5.41, 5.74) is 4.26. The van der Waals surface area contributed by atoms with Gasteiger partial charge in [0.2, 0.25) is 0 Å². The van der Waals surface area contributed by atoms with Gasteiger partial charge < -0.3 is 10.1 Å². The molecule has 4 aromatic rings. The van der Waals surface area contributed by atoms with Crippen LogP contribution in [0.25, 0.3) is 33.4 Å². The minimum absolute atomic E-state index is 0.252. The quantitative estimate of drug-likeness (QED) is 0.506. The molecule has 146 valence electrons. The molecule has 0 radical (unpaired) electrons. The predicted molar refractivity (Wildman–Crippen MR) is 114 cm³/mol. The van der Waals surface area contributed by atoms with Crippen LogP contribution in [0.3, 0.4) is 0 Å². The van der Waals surface area contributed by atoms with Crippen molar-refractivity contribution in [1.82, 2.24) is 15.0 Å². The Morgan fingerprint density at radius 1 is 1.07 bits per heavy atom. The molecule has 0 aliphatic rings. The first-order chi connectivity index (χ1) is 14.1. The van der Waals surface area contributed by atoms with Crippen LogP contribution < -0.4 is 10.1 Å². The van der Waals surface area contributed by atoms with Gasteiger partial charge in [-0.1, -0.05) is 6.07 Å². The van der Waals surface area contributed by atoms with E-state index < -0.39 is 0 Å². The van der Waals surface area contributed by atoms with Gasteiger partial charge in [-0.25, -0.2) is 14.4 Å². The number of hydrogen-bond acceptors (Lipinski definition) is 5. The highest BCUT2D eigenvalue weighted by molar-refractivity contribution is 5.98. The molecule has 0 saturated carbocycles. The maximum Gasteiger partial charge on any atom is 0.163 e. The third-order valence-corrected chi connectivity index (χ3v) is 4.72. The first-order valence-corrected chi connectivity index (χ1v) is 9.44. The Hall–Kier alpha value is -3.54. The number of hydrogen-bond donors (Lipinski definition) is 1.